The lowest BCUT2D eigenvalue weighted by molar-refractivity contribution is 0.0756. The number of hydrogen-bond donors (Lipinski definition) is 10. The van der Waals surface area contributed by atoms with Crippen molar-refractivity contribution >= 4 is 168 Å². The Balaban J connectivity index is 0.000000125. The molecule has 5 aliphatic heterocycles. The van der Waals surface area contributed by atoms with Gasteiger partial charge in [0.15, 0.2) is 56.7 Å². The van der Waals surface area contributed by atoms with Crippen molar-refractivity contribution in [1.29, 1.82) is 0 Å². The number of aromatic nitrogens is 15. The number of rotatable bonds is 21. The minimum absolute atomic E-state index is 0.0139. The first kappa shape index (κ1) is 98.9. The number of β-amino-alcohol motifs (C(OH)–C–C–N with tert-alkyl or cyclic N) is 4. The van der Waals surface area contributed by atoms with Gasteiger partial charge in [-0.05, 0) is 166 Å². The predicted octanol–water partition coefficient (Wildman–Crippen LogP) is 14.5. The molecule has 0 spiro atoms. The molecule has 5 aliphatic rings. The topological polar surface area (TPSA) is 456 Å². The molecule has 5 saturated heterocycles. The number of aliphatic hydroxyl groups excluding tert-OH is 5. The highest BCUT2D eigenvalue weighted by Crippen LogP contribution is 2.36. The van der Waals surface area contributed by atoms with Crippen molar-refractivity contribution in [2.45, 2.75) is 156 Å². The summed E-state index contributed by atoms with van der Waals surface area (Å²) in [6, 6.07) is 38.1. The van der Waals surface area contributed by atoms with E-state index in [0.717, 1.165) is 59.3 Å². The van der Waals surface area contributed by atoms with Crippen LogP contribution in [0.25, 0.3) is 51.7 Å². The van der Waals surface area contributed by atoms with Crippen LogP contribution in [0, 0.1) is 58.0 Å². The van der Waals surface area contributed by atoms with Crippen molar-refractivity contribution in [2.24, 2.45) is 5.92 Å². The summed E-state index contributed by atoms with van der Waals surface area (Å²) in [6.45, 7) is 23.5. The molecule has 724 valence electrons. The number of likely N-dealkylation sites (tertiary alicyclic amines) is 5. The van der Waals surface area contributed by atoms with Gasteiger partial charge in [-0.2, -0.15) is 24.9 Å². The number of aryl methyl sites for hydroxylation is 5. The van der Waals surface area contributed by atoms with Gasteiger partial charge in [0.1, 0.15) is 41.0 Å². The van der Waals surface area contributed by atoms with Crippen LogP contribution in [0.1, 0.15) is 202 Å². The molecule has 5 aromatic carbocycles. The molecule has 5 amide bonds. The second kappa shape index (κ2) is 43.9. The van der Waals surface area contributed by atoms with Crippen LogP contribution in [-0.2, 0) is 0 Å². The number of anilines is 5. The van der Waals surface area contributed by atoms with Crippen molar-refractivity contribution in [3.63, 3.8) is 0 Å². The van der Waals surface area contributed by atoms with Crippen LogP contribution in [0.4, 0.5) is 42.9 Å². The Hall–Kier alpha value is -13.1. The number of halogens is 3. The molecule has 5 fully saturated rings. The molecular formula is C96H104F3N25O10S5. The van der Waals surface area contributed by atoms with Gasteiger partial charge in [-0.1, -0.05) is 97.1 Å². The highest BCUT2D eigenvalue weighted by molar-refractivity contribution is 7.20. The lowest BCUT2D eigenvalue weighted by Crippen LogP contribution is -2.30. The number of nitrogens with one attached hydrogen (secondary N) is 5. The molecule has 10 aromatic heterocycles. The van der Waals surface area contributed by atoms with Gasteiger partial charge in [0.2, 0.25) is 29.7 Å². The van der Waals surface area contributed by atoms with E-state index in [1.165, 1.54) is 93.1 Å². The maximum atomic E-state index is 13.5. The molecule has 20 rings (SSSR count). The molecule has 0 saturated carbocycles. The minimum Gasteiger partial charge on any atom is -0.396 e. The Morgan fingerprint density at radius 1 is 0.309 bits per heavy atom. The van der Waals surface area contributed by atoms with Gasteiger partial charge >= 0.3 is 0 Å². The number of nitrogens with zero attached hydrogens (tertiary/aromatic N) is 20. The average Bonchev–Trinajstić information content (AvgIpc) is 1.66. The molecule has 35 nitrogen and oxygen atoms in total. The van der Waals surface area contributed by atoms with E-state index in [2.05, 4.69) is 101 Å². The maximum Gasteiger partial charge on any atom is 0.274 e. The van der Waals surface area contributed by atoms with Crippen molar-refractivity contribution in [2.75, 3.05) is 98.6 Å². The molecule has 0 radical (unpaired) electrons. The number of benzene rings is 5. The highest BCUT2D eigenvalue weighted by Gasteiger charge is 2.36. The molecule has 0 bridgehead atoms. The van der Waals surface area contributed by atoms with Crippen molar-refractivity contribution in [3.8, 4) is 0 Å². The summed E-state index contributed by atoms with van der Waals surface area (Å²) in [5, 5.41) is 68.4. The average molecular weight is 1990 g/mol. The summed E-state index contributed by atoms with van der Waals surface area (Å²) in [6.07, 6.45) is 1.14. The highest BCUT2D eigenvalue weighted by atomic mass is 32.1. The summed E-state index contributed by atoms with van der Waals surface area (Å²) < 4.78 is 43.9. The fraction of sp³-hybridized carbons (Fsp3) is 0.375. The SMILES string of the molecule is Cc1nc2nc(N[C@@H](C)c3cccc(F)c3)nc(C(=O)N3CC[C@@H](CO)C3)c2s1.Cc1nc2nc(N[C@@H](C)c3cccc(F)c3)nc(C(=O)N3CC[C@@H](O)C3)c2s1.Cc1nc2nc(N[C@@H](C)c3cccc(F)c3)nc(C(=O)N3CC[C@@H](O)C3)c2s1.Cc1nc2nc(N[C@@H](C)c3ccccc3)nc(C(=O)N3CC[C@@H](O)C3)c2s1.Cc1nc2nc(N[C@@H](C)c3ccccc3)nc(C(=O)N3CC[C@H](O)C3)c2s1. The van der Waals surface area contributed by atoms with Crippen LogP contribution in [0.15, 0.2) is 133 Å². The first-order valence-corrected chi connectivity index (χ1v) is 49.6. The van der Waals surface area contributed by atoms with Gasteiger partial charge in [-0.25, -0.2) is 63.0 Å². The van der Waals surface area contributed by atoms with Gasteiger partial charge < -0.3 is 76.6 Å². The maximum absolute atomic E-state index is 13.5. The first-order chi connectivity index (χ1) is 66.8. The van der Waals surface area contributed by atoms with Crippen LogP contribution in [-0.4, -0.2) is 251 Å². The number of amides is 5. The summed E-state index contributed by atoms with van der Waals surface area (Å²) >= 11 is 6.96. The largest absolute Gasteiger partial charge is 0.396 e. The lowest BCUT2D eigenvalue weighted by Gasteiger charge is -2.18. The number of hydrogen-bond acceptors (Lipinski definition) is 35. The zero-order valence-electron chi connectivity index (χ0n) is 77.7. The minimum atomic E-state index is -0.505. The number of carbonyl (C=O) groups is 5. The molecule has 43 heteroatoms. The fourth-order valence-electron chi connectivity index (χ4n) is 16.5. The Labute approximate surface area is 817 Å². The van der Waals surface area contributed by atoms with Crippen LogP contribution >= 0.6 is 56.7 Å². The van der Waals surface area contributed by atoms with E-state index < -0.39 is 24.4 Å². The number of aliphatic hydroxyl groups is 5. The number of carbonyl (C=O) groups excluding carboxylic acids is 5. The standard InChI is InChI=1S/C20H22FN5O2S.2C19H20FN5O2S.2C19H21N5O2S/c1-11(14-4-3-5-15(21)8-14)22-20-24-16(17-18(25-20)23-12(2)29-17)19(28)26-7-6-13(9-26)10-27;2*1-10(12-4-3-5-13(20)8-12)21-19-23-15(16-17(24-19)22-11(2)28-16)18(27)25-7-6-14(26)9-25;2*1-11(13-6-4-3-5-7-13)20-19-22-15(16-17(23-19)21-12(2)27-16)18(26)24-9-8-14(25)10-24/h3-5,8,11,13,27H,6-7,9-10H2,1-2H3,(H,22,24,25);2*3-5,8,10,14,26H,6-7,9H2,1-2H3,(H,21,23,24);2*3-7,11,14,25H,8-10H2,1-2H3,(H,20,22,23)/t11-,13+;2*10-,14+;11-,14+;11-,14-/m00000/s1. The monoisotopic (exact) mass is 1980 g/mol. The third-order valence-electron chi connectivity index (χ3n) is 23.8. The van der Waals surface area contributed by atoms with E-state index in [1.54, 1.807) is 42.7 Å². The van der Waals surface area contributed by atoms with Gasteiger partial charge in [-0.3, -0.25) is 24.0 Å². The van der Waals surface area contributed by atoms with Crippen LogP contribution in [0.3, 0.4) is 0 Å². The second-order valence-corrected chi connectivity index (χ2v) is 40.6. The van der Waals surface area contributed by atoms with Gasteiger partial charge in [0.05, 0.1) is 79.7 Å². The molecule has 10 atom stereocenters. The van der Waals surface area contributed by atoms with Crippen molar-refractivity contribution in [3.05, 3.63) is 232 Å². The van der Waals surface area contributed by atoms with E-state index in [0.29, 0.717) is 172 Å². The Morgan fingerprint density at radius 3 is 0.734 bits per heavy atom. The molecule has 15 aromatic rings. The number of fused-ring (bicyclic) bond motifs is 5. The second-order valence-electron chi connectivity index (χ2n) is 34.6. The molecule has 0 aliphatic carbocycles. The third-order valence-corrected chi connectivity index (χ3v) is 28.7. The molecule has 10 N–H and O–H groups in total. The van der Waals surface area contributed by atoms with E-state index in [1.807, 2.05) is 148 Å². The first-order valence-electron chi connectivity index (χ1n) is 45.5. The Kier molecular flexibility index (Phi) is 31.3. The quantitative estimate of drug-likeness (QED) is 0.0319. The van der Waals surface area contributed by atoms with Gasteiger partial charge in [0.25, 0.3) is 29.5 Å². The fourth-order valence-corrected chi connectivity index (χ4v) is 20.7. The molecule has 15 heterocycles. The zero-order chi connectivity index (χ0) is 98.1. The predicted molar refractivity (Wildman–Crippen MR) is 529 cm³/mol. The van der Waals surface area contributed by atoms with Crippen LogP contribution in [0.5, 0.6) is 0 Å². The summed E-state index contributed by atoms with van der Waals surface area (Å²) in [7, 11) is 0. The smallest absolute Gasteiger partial charge is 0.274 e. The van der Waals surface area contributed by atoms with E-state index in [-0.39, 0.29) is 119 Å². The summed E-state index contributed by atoms with van der Waals surface area (Å²) in [4.78, 5) is 140. The third kappa shape index (κ3) is 24.1. The van der Waals surface area contributed by atoms with Crippen LogP contribution < -0.4 is 26.6 Å². The lowest BCUT2D eigenvalue weighted by atomic mass is 10.1. The van der Waals surface area contributed by atoms with Gasteiger partial charge in [0, 0.05) is 78.0 Å². The van der Waals surface area contributed by atoms with E-state index >= 15 is 0 Å². The normalized spacial score (nSPS) is 17.9. The van der Waals surface area contributed by atoms with Gasteiger partial charge in [-0.15, -0.1) is 56.7 Å². The van der Waals surface area contributed by atoms with E-state index in [4.69, 9.17) is 0 Å². The molecule has 139 heavy (non-hydrogen) atoms. The molecule has 0 unspecified atom stereocenters. The van der Waals surface area contributed by atoms with Crippen molar-refractivity contribution in [1.82, 2.24) is 99.3 Å². The zero-order valence-corrected chi connectivity index (χ0v) is 81.8. The molecular weight excluding hydrogens is 1880 g/mol. The summed E-state index contributed by atoms with van der Waals surface area (Å²) in [5.74, 6) is -0.313. The Morgan fingerprint density at radius 2 is 0.525 bits per heavy atom. The Bertz CT molecular complexity index is 6660. The van der Waals surface area contributed by atoms with E-state index in [9.17, 15) is 62.7 Å². The number of thiazole rings is 5. The summed E-state index contributed by atoms with van der Waals surface area (Å²) in [5.41, 5.74) is 8.44. The van der Waals surface area contributed by atoms with Crippen LogP contribution in [0.2, 0.25) is 0 Å². The van der Waals surface area contributed by atoms with Crippen molar-refractivity contribution < 1.29 is 62.7 Å².